The largest absolute Gasteiger partial charge is 0.504 e. The van der Waals surface area contributed by atoms with Gasteiger partial charge in [-0.25, -0.2) is 0 Å². The van der Waals surface area contributed by atoms with Gasteiger partial charge in [0.25, 0.3) is 0 Å². The van der Waals surface area contributed by atoms with E-state index in [4.69, 9.17) is 10.5 Å². The number of hydrogen-bond donors (Lipinski definition) is 2. The molecule has 0 fully saturated rings. The van der Waals surface area contributed by atoms with Crippen LogP contribution in [0.25, 0.3) is 0 Å². The van der Waals surface area contributed by atoms with Crippen LogP contribution in [0.1, 0.15) is 25.0 Å². The molecule has 1 rings (SSSR count). The molecule has 1 aromatic rings. The molecular weight excluding hydrogens is 190 g/mol. The molecule has 3 N–H and O–H groups in total. The topological polar surface area (TPSA) is 55.5 Å². The molecule has 0 aromatic heterocycles. The molecule has 0 aliphatic rings. The van der Waals surface area contributed by atoms with Gasteiger partial charge in [0, 0.05) is 6.04 Å². The van der Waals surface area contributed by atoms with Crippen LogP contribution in [0.4, 0.5) is 0 Å². The van der Waals surface area contributed by atoms with Gasteiger partial charge in [-0.1, -0.05) is 13.0 Å². The van der Waals surface area contributed by atoms with Crippen molar-refractivity contribution >= 4 is 0 Å². The van der Waals surface area contributed by atoms with Crippen molar-refractivity contribution in [1.82, 2.24) is 0 Å². The Morgan fingerprint density at radius 1 is 1.47 bits per heavy atom. The Labute approximate surface area is 90.9 Å². The lowest BCUT2D eigenvalue weighted by molar-refractivity contribution is 0.369. The van der Waals surface area contributed by atoms with Gasteiger partial charge >= 0.3 is 0 Å². The molecule has 1 aromatic carbocycles. The van der Waals surface area contributed by atoms with E-state index in [1.165, 1.54) is 0 Å². The van der Waals surface area contributed by atoms with Crippen molar-refractivity contribution in [2.24, 2.45) is 5.73 Å². The minimum atomic E-state index is 0.0349. The monoisotopic (exact) mass is 209 g/mol. The average molecular weight is 209 g/mol. The molecule has 0 aliphatic carbocycles. The van der Waals surface area contributed by atoms with Crippen molar-refractivity contribution in [1.29, 1.82) is 0 Å². The van der Waals surface area contributed by atoms with Gasteiger partial charge in [-0.2, -0.15) is 0 Å². The van der Waals surface area contributed by atoms with E-state index in [0.29, 0.717) is 12.2 Å². The average Bonchev–Trinajstić information content (AvgIpc) is 2.20. The number of aromatic hydroxyl groups is 1. The summed E-state index contributed by atoms with van der Waals surface area (Å²) in [5, 5.41) is 9.88. The van der Waals surface area contributed by atoms with Gasteiger partial charge < -0.3 is 15.6 Å². The second kappa shape index (κ2) is 5.03. The first-order chi connectivity index (χ1) is 7.08. The van der Waals surface area contributed by atoms with Crippen LogP contribution in [0.3, 0.4) is 0 Å². The van der Waals surface area contributed by atoms with Gasteiger partial charge in [0.1, 0.15) is 0 Å². The number of methoxy groups -OCH3 is 1. The van der Waals surface area contributed by atoms with Crippen molar-refractivity contribution in [3.05, 3.63) is 23.3 Å². The van der Waals surface area contributed by atoms with Crippen molar-refractivity contribution in [2.45, 2.75) is 32.7 Å². The number of nitrogens with two attached hydrogens (primary N) is 1. The summed E-state index contributed by atoms with van der Waals surface area (Å²) in [6.07, 6.45) is 1.58. The summed E-state index contributed by atoms with van der Waals surface area (Å²) < 4.78 is 5.12. The predicted molar refractivity (Wildman–Crippen MR) is 61.4 cm³/mol. The first-order valence-corrected chi connectivity index (χ1v) is 5.22. The molecule has 84 valence electrons. The zero-order valence-corrected chi connectivity index (χ0v) is 9.58. The summed E-state index contributed by atoms with van der Waals surface area (Å²) in [5.74, 6) is 0.747. The Morgan fingerprint density at radius 3 is 2.60 bits per heavy atom. The smallest absolute Gasteiger partial charge is 0.161 e. The number of phenolic OH excluding ortho intramolecular Hbond substituents is 1. The van der Waals surface area contributed by atoms with Crippen molar-refractivity contribution < 1.29 is 9.84 Å². The third-order valence-corrected chi connectivity index (χ3v) is 2.38. The van der Waals surface area contributed by atoms with Crippen LogP contribution in [0.5, 0.6) is 11.5 Å². The number of phenols is 1. The third-order valence-electron chi connectivity index (χ3n) is 2.38. The van der Waals surface area contributed by atoms with Crippen LogP contribution in [0, 0.1) is 0 Å². The van der Waals surface area contributed by atoms with Crippen LogP contribution < -0.4 is 10.5 Å². The Balaban J connectivity index is 3.12. The van der Waals surface area contributed by atoms with E-state index in [1.54, 1.807) is 7.11 Å². The molecule has 0 bridgehead atoms. The molecule has 0 saturated heterocycles. The van der Waals surface area contributed by atoms with Crippen LogP contribution in [0.2, 0.25) is 0 Å². The number of benzene rings is 1. The standard InChI is InChI=1S/C12H19NO2/c1-4-9-6-10(5-8(2)13)12(14)11(7-9)15-3/h6-8,14H,4-5,13H2,1-3H3. The lowest BCUT2D eigenvalue weighted by Crippen LogP contribution is -2.18. The molecule has 1 unspecified atom stereocenters. The molecule has 15 heavy (non-hydrogen) atoms. The summed E-state index contributed by atoms with van der Waals surface area (Å²) in [7, 11) is 1.56. The second-order valence-corrected chi connectivity index (χ2v) is 3.84. The maximum absolute atomic E-state index is 9.88. The van der Waals surface area contributed by atoms with Crippen LogP contribution >= 0.6 is 0 Å². The SMILES string of the molecule is CCc1cc(CC(C)N)c(O)c(OC)c1. The summed E-state index contributed by atoms with van der Waals surface area (Å²) in [6, 6.07) is 3.88. The fourth-order valence-corrected chi connectivity index (χ4v) is 1.59. The first-order valence-electron chi connectivity index (χ1n) is 5.22. The Kier molecular flexibility index (Phi) is 3.97. The molecule has 0 radical (unpaired) electrons. The van der Waals surface area contributed by atoms with E-state index in [9.17, 15) is 5.11 Å². The number of ether oxygens (including phenoxy) is 1. The van der Waals surface area contributed by atoms with Gasteiger partial charge in [-0.15, -0.1) is 0 Å². The highest BCUT2D eigenvalue weighted by molar-refractivity contribution is 5.48. The third kappa shape index (κ3) is 2.86. The van der Waals surface area contributed by atoms with E-state index < -0.39 is 0 Å². The zero-order chi connectivity index (χ0) is 11.4. The first kappa shape index (κ1) is 11.9. The number of aryl methyl sites for hydroxylation is 1. The van der Waals surface area contributed by atoms with Gasteiger partial charge in [0.15, 0.2) is 11.5 Å². The maximum Gasteiger partial charge on any atom is 0.161 e. The summed E-state index contributed by atoms with van der Waals surface area (Å²) in [6.45, 7) is 3.99. The van der Waals surface area contributed by atoms with Gasteiger partial charge in [-0.3, -0.25) is 0 Å². The van der Waals surface area contributed by atoms with Crippen molar-refractivity contribution in [2.75, 3.05) is 7.11 Å². The molecule has 0 saturated carbocycles. The fourth-order valence-electron chi connectivity index (χ4n) is 1.59. The molecule has 3 nitrogen and oxygen atoms in total. The van der Waals surface area contributed by atoms with E-state index >= 15 is 0 Å². The van der Waals surface area contributed by atoms with Gasteiger partial charge in [0.05, 0.1) is 7.11 Å². The van der Waals surface area contributed by atoms with Crippen LogP contribution in [-0.2, 0) is 12.8 Å². The van der Waals surface area contributed by atoms with Gasteiger partial charge in [0.2, 0.25) is 0 Å². The summed E-state index contributed by atoms with van der Waals surface area (Å²) in [5.41, 5.74) is 7.74. The molecule has 3 heteroatoms. The quantitative estimate of drug-likeness (QED) is 0.795. The summed E-state index contributed by atoms with van der Waals surface area (Å²) in [4.78, 5) is 0. The van der Waals surface area contributed by atoms with E-state index in [2.05, 4.69) is 6.92 Å². The highest BCUT2D eigenvalue weighted by Gasteiger charge is 2.11. The Morgan fingerprint density at radius 2 is 2.13 bits per heavy atom. The van der Waals surface area contributed by atoms with Crippen LogP contribution in [-0.4, -0.2) is 18.3 Å². The minimum absolute atomic E-state index is 0.0349. The lowest BCUT2D eigenvalue weighted by atomic mass is 10.0. The second-order valence-electron chi connectivity index (χ2n) is 3.84. The number of hydrogen-bond acceptors (Lipinski definition) is 3. The molecule has 0 spiro atoms. The molecule has 0 heterocycles. The van der Waals surface area contributed by atoms with Crippen molar-refractivity contribution in [3.63, 3.8) is 0 Å². The van der Waals surface area contributed by atoms with Gasteiger partial charge in [-0.05, 0) is 37.0 Å². The molecule has 0 aliphatic heterocycles. The van der Waals surface area contributed by atoms with Crippen molar-refractivity contribution in [3.8, 4) is 11.5 Å². The maximum atomic E-state index is 9.88. The minimum Gasteiger partial charge on any atom is -0.504 e. The van der Waals surface area contributed by atoms with Crippen LogP contribution in [0.15, 0.2) is 12.1 Å². The highest BCUT2D eigenvalue weighted by atomic mass is 16.5. The number of rotatable bonds is 4. The summed E-state index contributed by atoms with van der Waals surface area (Å²) >= 11 is 0. The molecule has 1 atom stereocenters. The fraction of sp³-hybridized carbons (Fsp3) is 0.500. The Hall–Kier alpha value is -1.22. The van der Waals surface area contributed by atoms with E-state index in [0.717, 1.165) is 17.5 Å². The van der Waals surface area contributed by atoms with E-state index in [-0.39, 0.29) is 11.8 Å². The lowest BCUT2D eigenvalue weighted by Gasteiger charge is -2.13. The normalized spacial score (nSPS) is 12.5. The highest BCUT2D eigenvalue weighted by Crippen LogP contribution is 2.32. The predicted octanol–water partition coefficient (Wildman–Crippen LogP) is 1.85. The van der Waals surface area contributed by atoms with E-state index in [1.807, 2.05) is 19.1 Å². The zero-order valence-electron chi connectivity index (χ0n) is 9.58. The molecular formula is C12H19NO2. The Bertz CT molecular complexity index is 335. The molecule has 0 amide bonds.